The molecule has 2 heteroatoms. The van der Waals surface area contributed by atoms with Crippen LogP contribution < -0.4 is 0 Å². The molecule has 64 valence electrons. The highest BCUT2D eigenvalue weighted by atomic mass is 19.1. The largest absolute Gasteiger partial charge is 0.332 e. The Labute approximate surface area is 71.2 Å². The van der Waals surface area contributed by atoms with Crippen LogP contribution in [0.3, 0.4) is 0 Å². The number of hydrogen-bond donors (Lipinski definition) is 0. The Kier molecular flexibility index (Phi) is 2.27. The molecule has 0 aliphatic carbocycles. The molecule has 0 saturated heterocycles. The van der Waals surface area contributed by atoms with Crippen molar-refractivity contribution in [1.29, 1.82) is 0 Å². The van der Waals surface area contributed by atoms with E-state index in [-0.39, 0.29) is 5.56 Å². The van der Waals surface area contributed by atoms with E-state index in [4.69, 9.17) is 0 Å². The maximum absolute atomic E-state index is 12.5. The van der Waals surface area contributed by atoms with Crippen molar-refractivity contribution in [3.05, 3.63) is 34.4 Å². The van der Waals surface area contributed by atoms with E-state index in [1.807, 2.05) is 13.0 Å². The Morgan fingerprint density at radius 3 is 2.08 bits per heavy atom. The summed E-state index contributed by atoms with van der Waals surface area (Å²) in [6, 6.07) is 2.31. The van der Waals surface area contributed by atoms with E-state index < -0.39 is 6.04 Å². The lowest BCUT2D eigenvalue weighted by molar-refractivity contribution is 0.0834. The monoisotopic (exact) mass is 166 g/mol. The molecule has 1 aromatic carbocycles. The quantitative estimate of drug-likeness (QED) is 0.586. The average molecular weight is 166 g/mol. The van der Waals surface area contributed by atoms with Gasteiger partial charge >= 0.3 is 6.04 Å². The highest BCUT2D eigenvalue weighted by Crippen LogP contribution is 2.18. The van der Waals surface area contributed by atoms with Gasteiger partial charge in [-0.05, 0) is 37.5 Å². The van der Waals surface area contributed by atoms with Crippen molar-refractivity contribution in [2.45, 2.75) is 20.8 Å². The van der Waals surface area contributed by atoms with Crippen LogP contribution in [0.5, 0.6) is 0 Å². The lowest BCUT2D eigenvalue weighted by atomic mass is 9.99. The number of aryl methyl sites for hydroxylation is 2. The zero-order chi connectivity index (χ0) is 9.30. The minimum Gasteiger partial charge on any atom is -0.255 e. The fraction of sp³-hybridized carbons (Fsp3) is 0.300. The molecule has 0 aliphatic rings. The Morgan fingerprint density at radius 2 is 1.67 bits per heavy atom. The van der Waals surface area contributed by atoms with Crippen LogP contribution >= 0.6 is 0 Å². The molecule has 0 fully saturated rings. The van der Waals surface area contributed by atoms with Gasteiger partial charge in [-0.1, -0.05) is 12.1 Å². The molecule has 0 saturated carbocycles. The number of carbonyl (C=O) groups is 1. The van der Waals surface area contributed by atoms with Crippen LogP contribution in [0.15, 0.2) is 12.1 Å². The minimum atomic E-state index is -1.34. The third kappa shape index (κ3) is 1.37. The van der Waals surface area contributed by atoms with Gasteiger partial charge in [0.1, 0.15) is 0 Å². The summed E-state index contributed by atoms with van der Waals surface area (Å²) in [7, 11) is 0. The smallest absolute Gasteiger partial charge is 0.255 e. The Morgan fingerprint density at radius 1 is 1.17 bits per heavy atom. The SMILES string of the molecule is Cc1ccc(C)c(C(=O)F)c1C. The van der Waals surface area contributed by atoms with Crippen LogP contribution in [-0.4, -0.2) is 6.04 Å². The first-order valence-corrected chi connectivity index (χ1v) is 3.80. The van der Waals surface area contributed by atoms with Crippen LogP contribution in [0.25, 0.3) is 0 Å². The fourth-order valence-corrected chi connectivity index (χ4v) is 1.25. The van der Waals surface area contributed by atoms with Crippen molar-refractivity contribution < 1.29 is 9.18 Å². The lowest BCUT2D eigenvalue weighted by Crippen LogP contribution is -2.00. The van der Waals surface area contributed by atoms with Gasteiger partial charge in [0.15, 0.2) is 0 Å². The number of rotatable bonds is 1. The third-order valence-corrected chi connectivity index (χ3v) is 2.14. The highest BCUT2D eigenvalue weighted by Gasteiger charge is 2.11. The summed E-state index contributed by atoms with van der Waals surface area (Å²) in [6.45, 7) is 5.36. The predicted octanol–water partition coefficient (Wildman–Crippen LogP) is 2.72. The van der Waals surface area contributed by atoms with Crippen molar-refractivity contribution in [3.8, 4) is 0 Å². The molecule has 1 nitrogen and oxygen atoms in total. The maximum atomic E-state index is 12.5. The summed E-state index contributed by atoms with van der Waals surface area (Å²) in [5.41, 5.74) is 2.60. The lowest BCUT2D eigenvalue weighted by Gasteiger charge is -2.06. The Hall–Kier alpha value is -1.18. The molecule has 12 heavy (non-hydrogen) atoms. The molecule has 1 rings (SSSR count). The standard InChI is InChI=1S/C10H11FO/c1-6-4-5-7(2)9(8(6)3)10(11)12/h4-5H,1-3H3. The Balaban J connectivity index is 3.43. The van der Waals surface area contributed by atoms with E-state index in [1.54, 1.807) is 19.9 Å². The summed E-state index contributed by atoms with van der Waals surface area (Å²) < 4.78 is 12.5. The second-order valence-corrected chi connectivity index (χ2v) is 2.97. The van der Waals surface area contributed by atoms with Crippen LogP contribution in [0, 0.1) is 20.8 Å². The summed E-state index contributed by atoms with van der Waals surface area (Å²) in [6.07, 6.45) is 0. The summed E-state index contributed by atoms with van der Waals surface area (Å²) in [4.78, 5) is 10.6. The molecule has 0 amide bonds. The first-order valence-electron chi connectivity index (χ1n) is 3.80. The van der Waals surface area contributed by atoms with Gasteiger partial charge in [-0.3, -0.25) is 4.79 Å². The van der Waals surface area contributed by atoms with E-state index in [0.717, 1.165) is 11.1 Å². The molecule has 0 spiro atoms. The summed E-state index contributed by atoms with van der Waals surface area (Å²) in [5.74, 6) is 0. The Bertz CT molecular complexity index is 329. The molecule has 0 unspecified atom stereocenters. The van der Waals surface area contributed by atoms with Crippen LogP contribution in [0.2, 0.25) is 0 Å². The number of hydrogen-bond acceptors (Lipinski definition) is 1. The maximum Gasteiger partial charge on any atom is 0.332 e. The van der Waals surface area contributed by atoms with E-state index >= 15 is 0 Å². The van der Waals surface area contributed by atoms with Crippen LogP contribution in [-0.2, 0) is 0 Å². The van der Waals surface area contributed by atoms with E-state index in [0.29, 0.717) is 5.56 Å². The van der Waals surface area contributed by atoms with E-state index in [1.165, 1.54) is 0 Å². The van der Waals surface area contributed by atoms with Gasteiger partial charge in [0.2, 0.25) is 0 Å². The van der Waals surface area contributed by atoms with Crippen molar-refractivity contribution in [3.63, 3.8) is 0 Å². The molecule has 0 radical (unpaired) electrons. The topological polar surface area (TPSA) is 17.1 Å². The molecule has 0 bridgehead atoms. The van der Waals surface area contributed by atoms with Crippen molar-refractivity contribution in [1.82, 2.24) is 0 Å². The molecule has 1 aromatic rings. The van der Waals surface area contributed by atoms with Crippen molar-refractivity contribution >= 4 is 6.04 Å². The van der Waals surface area contributed by atoms with E-state index in [2.05, 4.69) is 0 Å². The first-order chi connectivity index (χ1) is 5.54. The van der Waals surface area contributed by atoms with E-state index in [9.17, 15) is 9.18 Å². The average Bonchev–Trinajstić information content (AvgIpc) is 1.97. The number of benzene rings is 1. The molecule has 0 N–H and O–H groups in total. The third-order valence-electron chi connectivity index (χ3n) is 2.14. The fourth-order valence-electron chi connectivity index (χ4n) is 1.25. The minimum absolute atomic E-state index is 0.218. The molecule has 0 aliphatic heterocycles. The summed E-state index contributed by atoms with van der Waals surface area (Å²) >= 11 is 0. The second-order valence-electron chi connectivity index (χ2n) is 2.97. The molecule has 0 atom stereocenters. The second kappa shape index (κ2) is 3.05. The van der Waals surface area contributed by atoms with Gasteiger partial charge in [-0.2, -0.15) is 4.39 Å². The zero-order valence-electron chi connectivity index (χ0n) is 7.44. The van der Waals surface area contributed by atoms with Gasteiger partial charge < -0.3 is 0 Å². The zero-order valence-corrected chi connectivity index (χ0v) is 7.44. The van der Waals surface area contributed by atoms with Gasteiger partial charge in [-0.25, -0.2) is 0 Å². The molecule has 0 aromatic heterocycles. The van der Waals surface area contributed by atoms with Gasteiger partial charge in [-0.15, -0.1) is 0 Å². The van der Waals surface area contributed by atoms with Crippen molar-refractivity contribution in [2.24, 2.45) is 0 Å². The normalized spacial score (nSPS) is 10.0. The van der Waals surface area contributed by atoms with Gasteiger partial charge in [0.05, 0.1) is 5.56 Å². The predicted molar refractivity (Wildman–Crippen MR) is 46.1 cm³/mol. The molecule has 0 heterocycles. The van der Waals surface area contributed by atoms with Gasteiger partial charge in [0.25, 0.3) is 0 Å². The van der Waals surface area contributed by atoms with Gasteiger partial charge in [0, 0.05) is 0 Å². The molecular weight excluding hydrogens is 155 g/mol. The van der Waals surface area contributed by atoms with Crippen LogP contribution in [0.4, 0.5) is 4.39 Å². The van der Waals surface area contributed by atoms with Crippen LogP contribution in [0.1, 0.15) is 27.0 Å². The first kappa shape index (κ1) is 8.91. The molecular formula is C10H11FO. The summed E-state index contributed by atoms with van der Waals surface area (Å²) in [5, 5.41) is 0. The highest BCUT2D eigenvalue weighted by molar-refractivity contribution is 5.92. The van der Waals surface area contributed by atoms with Crippen molar-refractivity contribution in [2.75, 3.05) is 0 Å². The number of halogens is 1. The number of carbonyl (C=O) groups excluding carboxylic acids is 1.